The van der Waals surface area contributed by atoms with Crippen LogP contribution >= 0.6 is 0 Å². The number of ether oxygens (including phenoxy) is 1. The number of aryl methyl sites for hydroxylation is 2. The number of rotatable bonds is 1. The van der Waals surface area contributed by atoms with E-state index in [9.17, 15) is 9.18 Å². The fraction of sp³-hybridized carbons (Fsp3) is 0.250. The normalized spacial score (nSPS) is 10.8. The van der Waals surface area contributed by atoms with Gasteiger partial charge in [0.15, 0.2) is 0 Å². The van der Waals surface area contributed by atoms with Crippen LogP contribution in [0.4, 0.5) is 4.39 Å². The molecule has 2 rings (SSSR count). The van der Waals surface area contributed by atoms with Gasteiger partial charge in [0.05, 0.1) is 7.11 Å². The molecule has 16 heavy (non-hydrogen) atoms. The van der Waals surface area contributed by atoms with Crippen LogP contribution in [0, 0.1) is 19.7 Å². The van der Waals surface area contributed by atoms with Crippen molar-refractivity contribution in [3.63, 3.8) is 0 Å². The number of H-pyrrole nitrogens is 1. The SMILES string of the molecule is COC(=O)c1[nH]c2cc(F)c(C)cc2c1C. The third-order valence-electron chi connectivity index (χ3n) is 2.73. The van der Waals surface area contributed by atoms with Gasteiger partial charge in [-0.05, 0) is 37.1 Å². The summed E-state index contributed by atoms with van der Waals surface area (Å²) in [5.41, 5.74) is 2.33. The van der Waals surface area contributed by atoms with Crippen LogP contribution in [-0.4, -0.2) is 18.1 Å². The maximum atomic E-state index is 13.3. The van der Waals surface area contributed by atoms with Crippen molar-refractivity contribution in [3.8, 4) is 0 Å². The minimum atomic E-state index is -0.438. The largest absolute Gasteiger partial charge is 0.464 e. The van der Waals surface area contributed by atoms with Gasteiger partial charge in [0.25, 0.3) is 0 Å². The second-order valence-electron chi connectivity index (χ2n) is 3.76. The van der Waals surface area contributed by atoms with Gasteiger partial charge in [0.1, 0.15) is 11.5 Å². The highest BCUT2D eigenvalue weighted by atomic mass is 19.1. The molecule has 4 heteroatoms. The molecule has 0 saturated carbocycles. The van der Waals surface area contributed by atoms with Crippen molar-refractivity contribution in [2.75, 3.05) is 7.11 Å². The van der Waals surface area contributed by atoms with Crippen molar-refractivity contribution >= 4 is 16.9 Å². The lowest BCUT2D eigenvalue weighted by atomic mass is 10.1. The van der Waals surface area contributed by atoms with E-state index in [0.717, 1.165) is 10.9 Å². The Kier molecular flexibility index (Phi) is 2.42. The molecule has 0 amide bonds. The summed E-state index contributed by atoms with van der Waals surface area (Å²) in [5, 5.41) is 0.847. The van der Waals surface area contributed by atoms with E-state index in [4.69, 9.17) is 0 Å². The summed E-state index contributed by atoms with van der Waals surface area (Å²) in [7, 11) is 1.32. The van der Waals surface area contributed by atoms with Gasteiger partial charge in [-0.25, -0.2) is 9.18 Å². The van der Waals surface area contributed by atoms with Crippen LogP contribution in [0.15, 0.2) is 12.1 Å². The Morgan fingerprint density at radius 2 is 2.06 bits per heavy atom. The van der Waals surface area contributed by atoms with Crippen molar-refractivity contribution in [1.82, 2.24) is 4.98 Å². The second kappa shape index (κ2) is 3.63. The van der Waals surface area contributed by atoms with Crippen LogP contribution in [0.3, 0.4) is 0 Å². The van der Waals surface area contributed by atoms with Gasteiger partial charge in [-0.2, -0.15) is 0 Å². The molecule has 0 bridgehead atoms. The van der Waals surface area contributed by atoms with E-state index in [0.29, 0.717) is 16.8 Å². The molecule has 2 aromatic rings. The predicted molar refractivity (Wildman–Crippen MR) is 59.1 cm³/mol. The molecule has 0 aliphatic rings. The standard InChI is InChI=1S/C12H12FNO2/c1-6-4-8-7(2)11(12(15)16-3)14-10(8)5-9(6)13/h4-5,14H,1-3H3. The highest BCUT2D eigenvalue weighted by Gasteiger charge is 2.15. The Morgan fingerprint density at radius 3 is 2.69 bits per heavy atom. The first-order valence-electron chi connectivity index (χ1n) is 4.91. The van der Waals surface area contributed by atoms with Crippen molar-refractivity contribution in [1.29, 1.82) is 0 Å². The summed E-state index contributed by atoms with van der Waals surface area (Å²) in [6.45, 7) is 3.50. The smallest absolute Gasteiger partial charge is 0.354 e. The van der Waals surface area contributed by atoms with E-state index in [2.05, 4.69) is 9.72 Å². The summed E-state index contributed by atoms with van der Waals surface area (Å²) in [6, 6.07) is 3.12. The number of benzene rings is 1. The Morgan fingerprint density at radius 1 is 1.38 bits per heavy atom. The molecule has 0 atom stereocenters. The number of hydrogen-bond acceptors (Lipinski definition) is 2. The molecule has 1 N–H and O–H groups in total. The molecule has 3 nitrogen and oxygen atoms in total. The Balaban J connectivity index is 2.73. The van der Waals surface area contributed by atoms with Crippen molar-refractivity contribution < 1.29 is 13.9 Å². The van der Waals surface area contributed by atoms with Crippen LogP contribution in [0.2, 0.25) is 0 Å². The summed E-state index contributed by atoms with van der Waals surface area (Å²) in [5.74, 6) is -0.725. The van der Waals surface area contributed by atoms with Crippen LogP contribution in [-0.2, 0) is 4.74 Å². The number of halogens is 1. The minimum Gasteiger partial charge on any atom is -0.464 e. The fourth-order valence-electron chi connectivity index (χ4n) is 1.76. The lowest BCUT2D eigenvalue weighted by molar-refractivity contribution is 0.0594. The van der Waals surface area contributed by atoms with E-state index in [1.807, 2.05) is 6.92 Å². The van der Waals surface area contributed by atoms with E-state index in [-0.39, 0.29) is 5.82 Å². The maximum Gasteiger partial charge on any atom is 0.354 e. The van der Waals surface area contributed by atoms with Gasteiger partial charge in [-0.15, -0.1) is 0 Å². The first-order valence-corrected chi connectivity index (χ1v) is 4.91. The summed E-state index contributed by atoms with van der Waals surface area (Å²) < 4.78 is 18.0. The average molecular weight is 221 g/mol. The molecule has 0 aliphatic heterocycles. The second-order valence-corrected chi connectivity index (χ2v) is 3.76. The number of aromatic nitrogens is 1. The molecule has 1 aromatic carbocycles. The number of esters is 1. The van der Waals surface area contributed by atoms with Crippen LogP contribution < -0.4 is 0 Å². The lowest BCUT2D eigenvalue weighted by Crippen LogP contribution is -2.02. The van der Waals surface area contributed by atoms with Crippen LogP contribution in [0.25, 0.3) is 10.9 Å². The molecule has 0 spiro atoms. The van der Waals surface area contributed by atoms with Gasteiger partial charge >= 0.3 is 5.97 Å². The van der Waals surface area contributed by atoms with Gasteiger partial charge in [-0.3, -0.25) is 0 Å². The molecule has 0 radical (unpaired) electrons. The number of aromatic amines is 1. The van der Waals surface area contributed by atoms with Crippen LogP contribution in [0.5, 0.6) is 0 Å². The van der Waals surface area contributed by atoms with E-state index < -0.39 is 5.97 Å². The van der Waals surface area contributed by atoms with E-state index in [1.54, 1.807) is 13.0 Å². The van der Waals surface area contributed by atoms with Gasteiger partial charge in [0, 0.05) is 10.9 Å². The molecular formula is C12H12FNO2. The molecule has 0 saturated heterocycles. The molecular weight excluding hydrogens is 209 g/mol. The predicted octanol–water partition coefficient (Wildman–Crippen LogP) is 2.71. The van der Waals surface area contributed by atoms with Gasteiger partial charge < -0.3 is 9.72 Å². The Bertz CT molecular complexity index is 572. The zero-order valence-electron chi connectivity index (χ0n) is 9.35. The van der Waals surface area contributed by atoms with Gasteiger partial charge in [-0.1, -0.05) is 0 Å². The molecule has 0 aliphatic carbocycles. The number of carbonyl (C=O) groups excluding carboxylic acids is 1. The number of carbonyl (C=O) groups is 1. The average Bonchev–Trinajstić information content (AvgIpc) is 2.56. The van der Waals surface area contributed by atoms with Crippen molar-refractivity contribution in [3.05, 3.63) is 34.8 Å². The monoisotopic (exact) mass is 221 g/mol. The van der Waals surface area contributed by atoms with Crippen molar-refractivity contribution in [2.45, 2.75) is 13.8 Å². The first kappa shape index (κ1) is 10.7. The molecule has 1 aromatic heterocycles. The van der Waals surface area contributed by atoms with E-state index in [1.165, 1.54) is 13.2 Å². The quantitative estimate of drug-likeness (QED) is 0.752. The zero-order chi connectivity index (χ0) is 11.9. The topological polar surface area (TPSA) is 42.1 Å². The molecule has 1 heterocycles. The Hall–Kier alpha value is -1.84. The third kappa shape index (κ3) is 1.46. The Labute approximate surface area is 92.2 Å². The number of fused-ring (bicyclic) bond motifs is 1. The highest BCUT2D eigenvalue weighted by Crippen LogP contribution is 2.24. The molecule has 0 unspecified atom stereocenters. The van der Waals surface area contributed by atoms with Gasteiger partial charge in [0.2, 0.25) is 0 Å². The molecule has 0 fully saturated rings. The fourth-order valence-corrected chi connectivity index (χ4v) is 1.76. The van der Waals surface area contributed by atoms with Crippen molar-refractivity contribution in [2.24, 2.45) is 0 Å². The lowest BCUT2D eigenvalue weighted by Gasteiger charge is -1.97. The van der Waals surface area contributed by atoms with Crippen LogP contribution in [0.1, 0.15) is 21.6 Å². The number of nitrogens with one attached hydrogen (secondary N) is 1. The van der Waals surface area contributed by atoms with E-state index >= 15 is 0 Å². The number of hydrogen-bond donors (Lipinski definition) is 1. The zero-order valence-corrected chi connectivity index (χ0v) is 9.35. The minimum absolute atomic E-state index is 0.287. The summed E-state index contributed by atoms with van der Waals surface area (Å²) >= 11 is 0. The third-order valence-corrected chi connectivity index (χ3v) is 2.73. The molecule has 84 valence electrons. The highest BCUT2D eigenvalue weighted by molar-refractivity contribution is 5.98. The maximum absolute atomic E-state index is 13.3. The summed E-state index contributed by atoms with van der Waals surface area (Å²) in [6.07, 6.45) is 0. The number of methoxy groups -OCH3 is 1. The summed E-state index contributed by atoms with van der Waals surface area (Å²) in [4.78, 5) is 14.3. The first-order chi connectivity index (χ1) is 7.54.